The van der Waals surface area contributed by atoms with Gasteiger partial charge in [0.05, 0.1) is 16.5 Å². The number of amides is 1. The number of nitrogens with zero attached hydrogens (tertiary/aromatic N) is 1. The van der Waals surface area contributed by atoms with Gasteiger partial charge >= 0.3 is 0 Å². The van der Waals surface area contributed by atoms with Crippen LogP contribution in [0.3, 0.4) is 0 Å². The molecule has 1 heterocycles. The standard InChI is InChI=1S/C13H17FN2O2S/c14-11-8-10(4-5-12(11)15)19(18)9-13(17)16-6-2-1-3-7-16/h4-5,8H,1-3,6-7,9,15H2. The van der Waals surface area contributed by atoms with Gasteiger partial charge in [-0.25, -0.2) is 4.39 Å². The van der Waals surface area contributed by atoms with E-state index in [1.165, 1.54) is 12.1 Å². The summed E-state index contributed by atoms with van der Waals surface area (Å²) >= 11 is 0. The number of anilines is 1. The Hall–Kier alpha value is -1.43. The van der Waals surface area contributed by atoms with E-state index >= 15 is 0 Å². The lowest BCUT2D eigenvalue weighted by atomic mass is 10.1. The zero-order valence-corrected chi connectivity index (χ0v) is 11.4. The molecular weight excluding hydrogens is 267 g/mol. The van der Waals surface area contributed by atoms with E-state index in [0.29, 0.717) is 4.90 Å². The Bertz CT molecular complexity index is 501. The highest BCUT2D eigenvalue weighted by atomic mass is 32.2. The van der Waals surface area contributed by atoms with Crippen molar-refractivity contribution in [2.45, 2.75) is 24.2 Å². The van der Waals surface area contributed by atoms with Crippen molar-refractivity contribution in [2.75, 3.05) is 24.6 Å². The molecule has 1 atom stereocenters. The minimum Gasteiger partial charge on any atom is -0.396 e. The first-order valence-corrected chi connectivity index (χ1v) is 7.61. The number of hydrogen-bond donors (Lipinski definition) is 1. The molecule has 1 saturated heterocycles. The van der Waals surface area contributed by atoms with Gasteiger partial charge in [-0.3, -0.25) is 9.00 Å². The number of carbonyl (C=O) groups is 1. The van der Waals surface area contributed by atoms with Gasteiger partial charge in [-0.05, 0) is 37.5 Å². The van der Waals surface area contributed by atoms with Gasteiger partial charge in [0.2, 0.25) is 5.91 Å². The van der Waals surface area contributed by atoms with Crippen LogP contribution in [0.25, 0.3) is 0 Å². The lowest BCUT2D eigenvalue weighted by Crippen LogP contribution is -2.38. The summed E-state index contributed by atoms with van der Waals surface area (Å²) in [4.78, 5) is 14.0. The Morgan fingerprint density at radius 2 is 2.00 bits per heavy atom. The highest BCUT2D eigenvalue weighted by Crippen LogP contribution is 2.16. The molecule has 1 amide bonds. The lowest BCUT2D eigenvalue weighted by Gasteiger charge is -2.26. The molecule has 2 rings (SSSR count). The average Bonchev–Trinajstić information content (AvgIpc) is 2.42. The van der Waals surface area contributed by atoms with Crippen molar-refractivity contribution in [3.63, 3.8) is 0 Å². The molecule has 1 aromatic carbocycles. The molecule has 104 valence electrons. The summed E-state index contributed by atoms with van der Waals surface area (Å²) in [6.07, 6.45) is 3.12. The highest BCUT2D eigenvalue weighted by molar-refractivity contribution is 7.85. The van der Waals surface area contributed by atoms with E-state index in [1.807, 2.05) is 0 Å². The lowest BCUT2D eigenvalue weighted by molar-refractivity contribution is -0.129. The van der Waals surface area contributed by atoms with Crippen LogP contribution in [0.1, 0.15) is 19.3 Å². The molecule has 0 spiro atoms. The minimum absolute atomic E-state index is 0.0168. The average molecular weight is 284 g/mol. The van der Waals surface area contributed by atoms with Crippen LogP contribution >= 0.6 is 0 Å². The van der Waals surface area contributed by atoms with Crippen molar-refractivity contribution in [3.8, 4) is 0 Å². The molecule has 0 bridgehead atoms. The van der Waals surface area contributed by atoms with Crippen LogP contribution in [0, 0.1) is 5.82 Å². The van der Waals surface area contributed by atoms with Crippen LogP contribution in [-0.4, -0.2) is 33.9 Å². The number of hydrogen-bond acceptors (Lipinski definition) is 3. The molecule has 1 aromatic rings. The van der Waals surface area contributed by atoms with E-state index in [4.69, 9.17) is 5.73 Å². The number of nitrogens with two attached hydrogens (primary N) is 1. The van der Waals surface area contributed by atoms with E-state index in [9.17, 15) is 13.4 Å². The van der Waals surface area contributed by atoms with Gasteiger partial charge in [0.15, 0.2) is 0 Å². The molecule has 0 aliphatic carbocycles. The predicted molar refractivity (Wildman–Crippen MR) is 72.5 cm³/mol. The molecule has 2 N–H and O–H groups in total. The third-order valence-corrected chi connectivity index (χ3v) is 4.49. The second-order valence-electron chi connectivity index (χ2n) is 4.61. The van der Waals surface area contributed by atoms with Crippen LogP contribution < -0.4 is 5.73 Å². The number of carbonyl (C=O) groups excluding carboxylic acids is 1. The van der Waals surface area contributed by atoms with E-state index in [-0.39, 0.29) is 17.3 Å². The normalized spacial score (nSPS) is 17.2. The monoisotopic (exact) mass is 284 g/mol. The Labute approximate surface area is 114 Å². The van der Waals surface area contributed by atoms with Gasteiger partial charge in [-0.15, -0.1) is 0 Å². The zero-order chi connectivity index (χ0) is 13.8. The Balaban J connectivity index is 1.99. The largest absolute Gasteiger partial charge is 0.396 e. The number of rotatable bonds is 3. The van der Waals surface area contributed by atoms with Crippen LogP contribution in [0.5, 0.6) is 0 Å². The fourth-order valence-electron chi connectivity index (χ4n) is 2.08. The van der Waals surface area contributed by atoms with Crippen LogP contribution in [-0.2, 0) is 15.6 Å². The van der Waals surface area contributed by atoms with Crippen molar-refractivity contribution in [3.05, 3.63) is 24.0 Å². The van der Waals surface area contributed by atoms with Gasteiger partial charge in [0.1, 0.15) is 11.6 Å². The van der Waals surface area contributed by atoms with Crippen molar-refractivity contribution in [1.29, 1.82) is 0 Å². The molecule has 1 aliphatic heterocycles. The SMILES string of the molecule is Nc1ccc(S(=O)CC(=O)N2CCCCC2)cc1F. The van der Waals surface area contributed by atoms with Crippen molar-refractivity contribution >= 4 is 22.4 Å². The molecule has 0 aromatic heterocycles. The molecule has 1 unspecified atom stereocenters. The van der Waals surface area contributed by atoms with E-state index in [0.717, 1.165) is 38.4 Å². The van der Waals surface area contributed by atoms with E-state index in [1.54, 1.807) is 4.90 Å². The number of likely N-dealkylation sites (tertiary alicyclic amines) is 1. The first kappa shape index (κ1) is 14.0. The highest BCUT2D eigenvalue weighted by Gasteiger charge is 2.19. The fraction of sp³-hybridized carbons (Fsp3) is 0.462. The first-order chi connectivity index (χ1) is 9.08. The number of halogens is 1. The topological polar surface area (TPSA) is 63.4 Å². The molecule has 4 nitrogen and oxygen atoms in total. The Morgan fingerprint density at radius 1 is 1.32 bits per heavy atom. The van der Waals surface area contributed by atoms with Gasteiger partial charge in [-0.2, -0.15) is 0 Å². The third-order valence-electron chi connectivity index (χ3n) is 3.20. The maximum atomic E-state index is 13.3. The Morgan fingerprint density at radius 3 is 2.63 bits per heavy atom. The summed E-state index contributed by atoms with van der Waals surface area (Å²) in [5.74, 6) is -0.824. The molecular formula is C13H17FN2O2S. The van der Waals surface area contributed by atoms with Crippen LogP contribution in [0.2, 0.25) is 0 Å². The molecule has 1 aliphatic rings. The number of benzene rings is 1. The van der Waals surface area contributed by atoms with Crippen molar-refractivity contribution in [1.82, 2.24) is 4.90 Å². The Kier molecular flexibility index (Phi) is 4.52. The summed E-state index contributed by atoms with van der Waals surface area (Å²) in [5, 5.41) is 0. The predicted octanol–water partition coefficient (Wildman–Crippen LogP) is 1.53. The van der Waals surface area contributed by atoms with Gasteiger partial charge in [0, 0.05) is 18.0 Å². The quantitative estimate of drug-likeness (QED) is 0.856. The summed E-state index contributed by atoms with van der Waals surface area (Å²) in [5.41, 5.74) is 5.37. The van der Waals surface area contributed by atoms with Crippen LogP contribution in [0.4, 0.5) is 10.1 Å². The number of nitrogen functional groups attached to an aromatic ring is 1. The van der Waals surface area contributed by atoms with Crippen molar-refractivity contribution < 1.29 is 13.4 Å². The van der Waals surface area contributed by atoms with Crippen molar-refractivity contribution in [2.24, 2.45) is 0 Å². The third kappa shape index (κ3) is 3.53. The minimum atomic E-state index is -1.52. The van der Waals surface area contributed by atoms with Gasteiger partial charge < -0.3 is 10.6 Å². The summed E-state index contributed by atoms with van der Waals surface area (Å²) in [6, 6.07) is 4.00. The maximum absolute atomic E-state index is 13.3. The molecule has 0 saturated carbocycles. The fourth-order valence-corrected chi connectivity index (χ4v) is 3.11. The second kappa shape index (κ2) is 6.14. The molecule has 0 radical (unpaired) electrons. The molecule has 19 heavy (non-hydrogen) atoms. The molecule has 6 heteroatoms. The number of piperidine rings is 1. The van der Waals surface area contributed by atoms with Gasteiger partial charge in [-0.1, -0.05) is 0 Å². The summed E-state index contributed by atoms with van der Waals surface area (Å²) in [7, 11) is -1.52. The smallest absolute Gasteiger partial charge is 0.235 e. The summed E-state index contributed by atoms with van der Waals surface area (Å²) < 4.78 is 25.3. The van der Waals surface area contributed by atoms with Gasteiger partial charge in [0.25, 0.3) is 0 Å². The molecule has 1 fully saturated rings. The van der Waals surface area contributed by atoms with E-state index in [2.05, 4.69) is 0 Å². The second-order valence-corrected chi connectivity index (χ2v) is 6.07. The summed E-state index contributed by atoms with van der Waals surface area (Å²) in [6.45, 7) is 1.46. The first-order valence-electron chi connectivity index (χ1n) is 6.29. The maximum Gasteiger partial charge on any atom is 0.235 e. The van der Waals surface area contributed by atoms with E-state index < -0.39 is 16.6 Å². The zero-order valence-electron chi connectivity index (χ0n) is 10.6. The van der Waals surface area contributed by atoms with Crippen LogP contribution in [0.15, 0.2) is 23.1 Å².